The average Bonchev–Trinajstić information content (AvgIpc) is 2.46. The largest absolute Gasteiger partial charge is 0.384 e. The van der Waals surface area contributed by atoms with E-state index in [1.165, 1.54) is 0 Å². The highest BCUT2D eigenvalue weighted by molar-refractivity contribution is 6.31. The number of fused-ring (bicyclic) bond motifs is 1. The standard InChI is InChI=1S/C16H12ClNO/c17-14-6-2-1-5-13(14)16(19)12-7-8-15-11(10-12)4-3-9-18-15/h1-10,16,19H. The predicted molar refractivity (Wildman–Crippen MR) is 77.3 cm³/mol. The number of aliphatic hydroxyl groups is 1. The summed E-state index contributed by atoms with van der Waals surface area (Å²) < 4.78 is 0. The van der Waals surface area contributed by atoms with Crippen LogP contribution in [-0.4, -0.2) is 10.1 Å². The zero-order chi connectivity index (χ0) is 13.2. The molecule has 94 valence electrons. The second-order valence-corrected chi connectivity index (χ2v) is 4.79. The summed E-state index contributed by atoms with van der Waals surface area (Å²) in [4.78, 5) is 4.26. The number of rotatable bonds is 2. The van der Waals surface area contributed by atoms with E-state index in [0.29, 0.717) is 10.6 Å². The van der Waals surface area contributed by atoms with Gasteiger partial charge in [-0.25, -0.2) is 0 Å². The third-order valence-electron chi connectivity index (χ3n) is 3.14. The van der Waals surface area contributed by atoms with Crippen LogP contribution in [0.1, 0.15) is 17.2 Å². The number of nitrogens with zero attached hydrogens (tertiary/aromatic N) is 1. The maximum Gasteiger partial charge on any atom is 0.106 e. The Morgan fingerprint density at radius 2 is 1.84 bits per heavy atom. The van der Waals surface area contributed by atoms with Crippen molar-refractivity contribution in [3.8, 4) is 0 Å². The van der Waals surface area contributed by atoms with Gasteiger partial charge in [-0.1, -0.05) is 41.9 Å². The molecule has 0 saturated heterocycles. The molecule has 0 aliphatic carbocycles. The molecule has 0 fully saturated rings. The van der Waals surface area contributed by atoms with Gasteiger partial charge in [0, 0.05) is 22.2 Å². The molecule has 1 heterocycles. The number of halogens is 1. The summed E-state index contributed by atoms with van der Waals surface area (Å²) in [5, 5.41) is 12.0. The highest BCUT2D eigenvalue weighted by atomic mass is 35.5. The molecule has 0 saturated carbocycles. The Kier molecular flexibility index (Phi) is 3.20. The van der Waals surface area contributed by atoms with Gasteiger partial charge in [0.05, 0.1) is 5.52 Å². The zero-order valence-corrected chi connectivity index (χ0v) is 10.9. The molecule has 1 unspecified atom stereocenters. The Labute approximate surface area is 116 Å². The van der Waals surface area contributed by atoms with Crippen LogP contribution in [0.2, 0.25) is 5.02 Å². The van der Waals surface area contributed by atoms with Gasteiger partial charge in [-0.05, 0) is 29.8 Å². The molecule has 3 heteroatoms. The van der Waals surface area contributed by atoms with E-state index in [-0.39, 0.29) is 0 Å². The van der Waals surface area contributed by atoms with Crippen LogP contribution in [0.5, 0.6) is 0 Å². The van der Waals surface area contributed by atoms with Crippen molar-refractivity contribution in [2.24, 2.45) is 0 Å². The monoisotopic (exact) mass is 269 g/mol. The molecule has 0 aliphatic heterocycles. The fourth-order valence-corrected chi connectivity index (χ4v) is 2.38. The number of aromatic nitrogens is 1. The first-order chi connectivity index (χ1) is 9.25. The molecule has 3 rings (SSSR count). The van der Waals surface area contributed by atoms with E-state index in [9.17, 15) is 5.11 Å². The summed E-state index contributed by atoms with van der Waals surface area (Å²) in [5.41, 5.74) is 2.44. The Morgan fingerprint density at radius 1 is 1.00 bits per heavy atom. The average molecular weight is 270 g/mol. The molecule has 0 amide bonds. The van der Waals surface area contributed by atoms with Crippen LogP contribution >= 0.6 is 11.6 Å². The summed E-state index contributed by atoms with van der Waals surface area (Å²) in [6.45, 7) is 0. The summed E-state index contributed by atoms with van der Waals surface area (Å²) in [5.74, 6) is 0. The van der Waals surface area contributed by atoms with Crippen molar-refractivity contribution in [1.82, 2.24) is 4.98 Å². The third kappa shape index (κ3) is 2.33. The number of hydrogen-bond acceptors (Lipinski definition) is 2. The van der Waals surface area contributed by atoms with E-state index in [2.05, 4.69) is 4.98 Å². The second kappa shape index (κ2) is 5.00. The van der Waals surface area contributed by atoms with Crippen molar-refractivity contribution in [2.75, 3.05) is 0 Å². The molecule has 1 aromatic heterocycles. The lowest BCUT2D eigenvalue weighted by Gasteiger charge is -2.13. The van der Waals surface area contributed by atoms with Crippen LogP contribution < -0.4 is 0 Å². The molecule has 2 nitrogen and oxygen atoms in total. The van der Waals surface area contributed by atoms with Crippen LogP contribution in [-0.2, 0) is 0 Å². The quantitative estimate of drug-likeness (QED) is 0.764. The molecule has 0 aliphatic rings. The van der Waals surface area contributed by atoms with Gasteiger partial charge in [-0.15, -0.1) is 0 Å². The van der Waals surface area contributed by atoms with E-state index in [4.69, 9.17) is 11.6 Å². The Balaban J connectivity index is 2.07. The normalized spacial score (nSPS) is 12.5. The van der Waals surface area contributed by atoms with Gasteiger partial charge in [0.1, 0.15) is 6.10 Å². The molecule has 3 aromatic rings. The molecular weight excluding hydrogens is 258 g/mol. The van der Waals surface area contributed by atoms with Crippen molar-refractivity contribution >= 4 is 22.5 Å². The summed E-state index contributed by atoms with van der Waals surface area (Å²) in [6.07, 6.45) is 1.03. The first kappa shape index (κ1) is 12.2. The van der Waals surface area contributed by atoms with Gasteiger partial charge in [-0.2, -0.15) is 0 Å². The highest BCUT2D eigenvalue weighted by Crippen LogP contribution is 2.29. The first-order valence-corrected chi connectivity index (χ1v) is 6.41. The Morgan fingerprint density at radius 3 is 2.68 bits per heavy atom. The highest BCUT2D eigenvalue weighted by Gasteiger charge is 2.13. The van der Waals surface area contributed by atoms with E-state index in [1.54, 1.807) is 12.3 Å². The van der Waals surface area contributed by atoms with Crippen molar-refractivity contribution in [3.63, 3.8) is 0 Å². The second-order valence-electron chi connectivity index (χ2n) is 4.38. The summed E-state index contributed by atoms with van der Waals surface area (Å²) in [6, 6.07) is 16.9. The topological polar surface area (TPSA) is 33.1 Å². The van der Waals surface area contributed by atoms with Crippen LogP contribution in [0.4, 0.5) is 0 Å². The smallest absolute Gasteiger partial charge is 0.106 e. The molecule has 2 aromatic carbocycles. The minimum atomic E-state index is -0.724. The maximum absolute atomic E-state index is 10.4. The first-order valence-electron chi connectivity index (χ1n) is 6.03. The molecule has 1 N–H and O–H groups in total. The van der Waals surface area contributed by atoms with Gasteiger partial charge in [0.25, 0.3) is 0 Å². The van der Waals surface area contributed by atoms with Crippen molar-refractivity contribution < 1.29 is 5.11 Å². The summed E-state index contributed by atoms with van der Waals surface area (Å²) in [7, 11) is 0. The fraction of sp³-hybridized carbons (Fsp3) is 0.0625. The van der Waals surface area contributed by atoms with Gasteiger partial charge in [0.15, 0.2) is 0 Å². The van der Waals surface area contributed by atoms with E-state index in [1.807, 2.05) is 48.5 Å². The molecule has 0 radical (unpaired) electrons. The molecule has 1 atom stereocenters. The van der Waals surface area contributed by atoms with E-state index >= 15 is 0 Å². The van der Waals surface area contributed by atoms with Gasteiger partial charge < -0.3 is 5.11 Å². The fourth-order valence-electron chi connectivity index (χ4n) is 2.14. The Hall–Kier alpha value is -1.90. The molecule has 0 bridgehead atoms. The minimum Gasteiger partial charge on any atom is -0.384 e. The van der Waals surface area contributed by atoms with Crippen LogP contribution in [0, 0.1) is 0 Å². The SMILES string of the molecule is OC(c1ccc2ncccc2c1)c1ccccc1Cl. The van der Waals surface area contributed by atoms with Crippen LogP contribution in [0.25, 0.3) is 10.9 Å². The summed E-state index contributed by atoms with van der Waals surface area (Å²) >= 11 is 6.11. The van der Waals surface area contributed by atoms with Crippen molar-refractivity contribution in [1.29, 1.82) is 0 Å². The van der Waals surface area contributed by atoms with Crippen LogP contribution in [0.3, 0.4) is 0 Å². The number of benzene rings is 2. The van der Waals surface area contributed by atoms with Crippen LogP contribution in [0.15, 0.2) is 60.8 Å². The van der Waals surface area contributed by atoms with E-state index in [0.717, 1.165) is 16.5 Å². The van der Waals surface area contributed by atoms with Gasteiger partial charge in [-0.3, -0.25) is 4.98 Å². The molecular formula is C16H12ClNO. The minimum absolute atomic E-state index is 0.571. The lowest BCUT2D eigenvalue weighted by Crippen LogP contribution is -2.00. The van der Waals surface area contributed by atoms with Crippen molar-refractivity contribution in [3.05, 3.63) is 76.9 Å². The maximum atomic E-state index is 10.4. The predicted octanol–water partition coefficient (Wildman–Crippen LogP) is 3.97. The third-order valence-corrected chi connectivity index (χ3v) is 3.49. The lowest BCUT2D eigenvalue weighted by molar-refractivity contribution is 0.220. The molecule has 19 heavy (non-hydrogen) atoms. The number of aliphatic hydroxyl groups excluding tert-OH is 1. The Bertz CT molecular complexity index is 727. The zero-order valence-electron chi connectivity index (χ0n) is 10.1. The number of pyridine rings is 1. The lowest BCUT2D eigenvalue weighted by atomic mass is 10.00. The van der Waals surface area contributed by atoms with Crippen molar-refractivity contribution in [2.45, 2.75) is 6.10 Å². The molecule has 0 spiro atoms. The van der Waals surface area contributed by atoms with E-state index < -0.39 is 6.10 Å². The van der Waals surface area contributed by atoms with Gasteiger partial charge >= 0.3 is 0 Å². The number of hydrogen-bond donors (Lipinski definition) is 1. The van der Waals surface area contributed by atoms with Gasteiger partial charge in [0.2, 0.25) is 0 Å².